The van der Waals surface area contributed by atoms with Gasteiger partial charge in [-0.1, -0.05) is 27.3 Å². The number of halogens is 1. The molecule has 0 saturated heterocycles. The van der Waals surface area contributed by atoms with E-state index >= 15 is 0 Å². The normalized spacial score (nSPS) is 10.6. The van der Waals surface area contributed by atoms with Gasteiger partial charge in [-0.2, -0.15) is 0 Å². The fourth-order valence-corrected chi connectivity index (χ4v) is 3.47. The van der Waals surface area contributed by atoms with Crippen molar-refractivity contribution in [3.8, 4) is 11.5 Å². The zero-order valence-electron chi connectivity index (χ0n) is 12.4. The lowest BCUT2D eigenvalue weighted by molar-refractivity contribution is 0.102. The SMILES string of the molecule is COc1cc(OC)cc(C(=O)Nc2nc3ccc(Br)cc3s2)c1. The molecule has 1 heterocycles. The van der Waals surface area contributed by atoms with E-state index in [1.54, 1.807) is 32.4 Å². The Hall–Kier alpha value is -2.12. The van der Waals surface area contributed by atoms with Crippen LogP contribution in [0.1, 0.15) is 10.4 Å². The maximum absolute atomic E-state index is 12.4. The first-order valence-electron chi connectivity index (χ1n) is 6.69. The number of carbonyl (C=O) groups excluding carboxylic acids is 1. The third-order valence-electron chi connectivity index (χ3n) is 3.18. The minimum absolute atomic E-state index is 0.264. The number of aromatic nitrogens is 1. The van der Waals surface area contributed by atoms with Crippen LogP contribution in [0.3, 0.4) is 0 Å². The lowest BCUT2D eigenvalue weighted by Crippen LogP contribution is -2.12. The maximum Gasteiger partial charge on any atom is 0.257 e. The van der Waals surface area contributed by atoms with E-state index in [0.29, 0.717) is 22.2 Å². The molecule has 7 heteroatoms. The van der Waals surface area contributed by atoms with E-state index in [1.165, 1.54) is 11.3 Å². The average molecular weight is 393 g/mol. The van der Waals surface area contributed by atoms with Crippen LogP contribution in [-0.2, 0) is 0 Å². The molecule has 1 aromatic heterocycles. The Labute approximate surface area is 145 Å². The molecule has 0 aliphatic rings. The highest BCUT2D eigenvalue weighted by molar-refractivity contribution is 9.10. The summed E-state index contributed by atoms with van der Waals surface area (Å²) in [5, 5.41) is 3.36. The van der Waals surface area contributed by atoms with E-state index in [2.05, 4.69) is 26.2 Å². The lowest BCUT2D eigenvalue weighted by atomic mass is 10.2. The second-order valence-corrected chi connectivity index (χ2v) is 6.63. The van der Waals surface area contributed by atoms with Crippen LogP contribution in [-0.4, -0.2) is 25.1 Å². The number of methoxy groups -OCH3 is 2. The maximum atomic E-state index is 12.4. The van der Waals surface area contributed by atoms with Crippen molar-refractivity contribution in [3.05, 3.63) is 46.4 Å². The van der Waals surface area contributed by atoms with Crippen LogP contribution in [0.15, 0.2) is 40.9 Å². The van der Waals surface area contributed by atoms with Crippen molar-refractivity contribution in [2.75, 3.05) is 19.5 Å². The van der Waals surface area contributed by atoms with Crippen molar-refractivity contribution < 1.29 is 14.3 Å². The van der Waals surface area contributed by atoms with Crippen LogP contribution in [0.25, 0.3) is 10.2 Å². The van der Waals surface area contributed by atoms with E-state index in [0.717, 1.165) is 14.7 Å². The quantitative estimate of drug-likeness (QED) is 0.717. The molecule has 0 atom stereocenters. The van der Waals surface area contributed by atoms with Crippen molar-refractivity contribution in [1.29, 1.82) is 0 Å². The van der Waals surface area contributed by atoms with Crippen molar-refractivity contribution in [2.45, 2.75) is 0 Å². The number of benzene rings is 2. The predicted molar refractivity (Wildman–Crippen MR) is 94.8 cm³/mol. The van der Waals surface area contributed by atoms with Gasteiger partial charge in [0, 0.05) is 16.1 Å². The van der Waals surface area contributed by atoms with Gasteiger partial charge in [-0.15, -0.1) is 0 Å². The second kappa shape index (κ2) is 6.55. The molecule has 0 aliphatic carbocycles. The van der Waals surface area contributed by atoms with E-state index in [4.69, 9.17) is 9.47 Å². The van der Waals surface area contributed by atoms with E-state index in [9.17, 15) is 4.79 Å². The Morgan fingerprint density at radius 1 is 1.13 bits per heavy atom. The summed E-state index contributed by atoms with van der Waals surface area (Å²) in [5.74, 6) is 0.853. The van der Waals surface area contributed by atoms with Crippen LogP contribution in [0, 0.1) is 0 Å². The molecule has 1 N–H and O–H groups in total. The number of fused-ring (bicyclic) bond motifs is 1. The first-order valence-corrected chi connectivity index (χ1v) is 8.30. The molecular weight excluding hydrogens is 380 g/mol. The number of nitrogens with one attached hydrogen (secondary N) is 1. The minimum Gasteiger partial charge on any atom is -0.497 e. The third kappa shape index (κ3) is 3.46. The topological polar surface area (TPSA) is 60.5 Å². The molecule has 0 spiro atoms. The number of amides is 1. The highest BCUT2D eigenvalue weighted by atomic mass is 79.9. The summed E-state index contributed by atoms with van der Waals surface area (Å²) in [5.41, 5.74) is 1.29. The summed E-state index contributed by atoms with van der Waals surface area (Å²) < 4.78 is 12.3. The molecule has 0 unspecified atom stereocenters. The summed E-state index contributed by atoms with van der Waals surface area (Å²) in [6.07, 6.45) is 0. The monoisotopic (exact) mass is 392 g/mol. The fraction of sp³-hybridized carbons (Fsp3) is 0.125. The number of thiazole rings is 1. The highest BCUT2D eigenvalue weighted by Gasteiger charge is 2.13. The van der Waals surface area contributed by atoms with Crippen molar-refractivity contribution in [2.24, 2.45) is 0 Å². The Balaban J connectivity index is 1.88. The van der Waals surface area contributed by atoms with E-state index in [-0.39, 0.29) is 5.91 Å². The molecule has 0 saturated carbocycles. The summed E-state index contributed by atoms with van der Waals surface area (Å²) in [4.78, 5) is 16.8. The third-order valence-corrected chi connectivity index (χ3v) is 4.61. The summed E-state index contributed by atoms with van der Waals surface area (Å²) in [6.45, 7) is 0. The number of hydrogen-bond acceptors (Lipinski definition) is 5. The van der Waals surface area contributed by atoms with Crippen molar-refractivity contribution >= 4 is 48.5 Å². The lowest BCUT2D eigenvalue weighted by Gasteiger charge is -2.07. The molecule has 0 radical (unpaired) electrons. The molecule has 3 rings (SSSR count). The Morgan fingerprint density at radius 3 is 2.48 bits per heavy atom. The smallest absolute Gasteiger partial charge is 0.257 e. The van der Waals surface area contributed by atoms with E-state index in [1.807, 2.05) is 18.2 Å². The number of nitrogens with zero attached hydrogens (tertiary/aromatic N) is 1. The molecule has 118 valence electrons. The molecule has 3 aromatic rings. The molecule has 0 aliphatic heterocycles. The minimum atomic E-state index is -0.264. The van der Waals surface area contributed by atoms with Gasteiger partial charge in [-0.3, -0.25) is 10.1 Å². The van der Waals surface area contributed by atoms with Gasteiger partial charge >= 0.3 is 0 Å². The number of hydrogen-bond donors (Lipinski definition) is 1. The van der Waals surface area contributed by atoms with Gasteiger partial charge in [0.25, 0.3) is 5.91 Å². The van der Waals surface area contributed by atoms with Crippen LogP contribution in [0.2, 0.25) is 0 Å². The number of anilines is 1. The van der Waals surface area contributed by atoms with Gasteiger partial charge in [0.1, 0.15) is 11.5 Å². The zero-order valence-corrected chi connectivity index (χ0v) is 14.8. The second-order valence-electron chi connectivity index (χ2n) is 4.69. The fourth-order valence-electron chi connectivity index (χ4n) is 2.06. The number of carbonyl (C=O) groups is 1. The summed E-state index contributed by atoms with van der Waals surface area (Å²) in [6, 6.07) is 10.8. The van der Waals surface area contributed by atoms with Crippen LogP contribution >= 0.6 is 27.3 Å². The van der Waals surface area contributed by atoms with Gasteiger partial charge in [0.05, 0.1) is 24.4 Å². The van der Waals surface area contributed by atoms with Gasteiger partial charge in [-0.05, 0) is 30.3 Å². The highest BCUT2D eigenvalue weighted by Crippen LogP contribution is 2.29. The molecule has 0 bridgehead atoms. The van der Waals surface area contributed by atoms with Crippen LogP contribution in [0.5, 0.6) is 11.5 Å². The molecule has 1 amide bonds. The number of rotatable bonds is 4. The summed E-state index contributed by atoms with van der Waals surface area (Å²) >= 11 is 4.84. The van der Waals surface area contributed by atoms with Gasteiger partial charge in [0.15, 0.2) is 5.13 Å². The van der Waals surface area contributed by atoms with E-state index < -0.39 is 0 Å². The largest absolute Gasteiger partial charge is 0.497 e. The van der Waals surface area contributed by atoms with Gasteiger partial charge in [0.2, 0.25) is 0 Å². The van der Waals surface area contributed by atoms with Crippen molar-refractivity contribution in [3.63, 3.8) is 0 Å². The van der Waals surface area contributed by atoms with Crippen LogP contribution < -0.4 is 14.8 Å². The zero-order chi connectivity index (χ0) is 16.4. The Bertz CT molecular complexity index is 857. The first kappa shape index (κ1) is 15.8. The van der Waals surface area contributed by atoms with Gasteiger partial charge in [-0.25, -0.2) is 4.98 Å². The standard InChI is InChI=1S/C16H13BrN2O3S/c1-21-11-5-9(6-12(8-11)22-2)15(20)19-16-18-13-4-3-10(17)7-14(13)23-16/h3-8H,1-2H3,(H,18,19,20). The van der Waals surface area contributed by atoms with Gasteiger partial charge < -0.3 is 9.47 Å². The molecule has 2 aromatic carbocycles. The molecular formula is C16H13BrN2O3S. The molecule has 5 nitrogen and oxygen atoms in total. The van der Waals surface area contributed by atoms with Crippen LogP contribution in [0.4, 0.5) is 5.13 Å². The first-order chi connectivity index (χ1) is 11.1. The number of ether oxygens (including phenoxy) is 2. The average Bonchev–Trinajstić information content (AvgIpc) is 2.95. The van der Waals surface area contributed by atoms with Crippen molar-refractivity contribution in [1.82, 2.24) is 4.98 Å². The molecule has 23 heavy (non-hydrogen) atoms. The molecule has 0 fully saturated rings. The predicted octanol–water partition coefficient (Wildman–Crippen LogP) is 4.33. The Morgan fingerprint density at radius 2 is 1.83 bits per heavy atom. The Kier molecular flexibility index (Phi) is 4.49. The summed E-state index contributed by atoms with van der Waals surface area (Å²) in [7, 11) is 3.09.